The predicted octanol–water partition coefficient (Wildman–Crippen LogP) is -1.76. The molecule has 2 aliphatic rings. The van der Waals surface area contributed by atoms with E-state index >= 15 is 0 Å². The van der Waals surface area contributed by atoms with Gasteiger partial charge in [-0.3, -0.25) is 20.4 Å². The summed E-state index contributed by atoms with van der Waals surface area (Å²) in [6, 6.07) is 28.2. The molecule has 4 aromatic rings. The number of nitrogens with one attached hydrogen (secondary N) is 3. The summed E-state index contributed by atoms with van der Waals surface area (Å²) in [5, 5.41) is 22.4. The van der Waals surface area contributed by atoms with Crippen LogP contribution in [0.15, 0.2) is 136 Å². The molecular weight excluding hydrogens is 680 g/mol. The molecule has 0 spiro atoms. The van der Waals surface area contributed by atoms with Gasteiger partial charge < -0.3 is 19.8 Å². The smallest absolute Gasteiger partial charge is 0.744 e. The molecular formula is C35H23N5Na2O7S. The number of carboxylic acid groups (broad SMARTS) is 1. The molecule has 0 unspecified atom stereocenters. The average molecular weight is 704 g/mol. The quantitative estimate of drug-likeness (QED) is 0.0592. The van der Waals surface area contributed by atoms with Gasteiger partial charge >= 0.3 is 59.1 Å². The summed E-state index contributed by atoms with van der Waals surface area (Å²) in [6.45, 7) is 0. The fourth-order valence-electron chi connectivity index (χ4n) is 4.86. The fraction of sp³-hybridized carbons (Fsp3) is 0. The number of allylic oxidation sites excluding steroid dienone is 4. The molecule has 0 amide bonds. The van der Waals surface area contributed by atoms with E-state index in [0.717, 1.165) is 35.0 Å². The van der Waals surface area contributed by atoms with Crippen LogP contribution >= 0.6 is 0 Å². The Hall–Kier alpha value is -4.44. The van der Waals surface area contributed by atoms with Crippen molar-refractivity contribution in [2.24, 2.45) is 10.2 Å². The van der Waals surface area contributed by atoms with Crippen LogP contribution in [0.4, 0.5) is 22.7 Å². The third kappa shape index (κ3) is 9.01. The van der Waals surface area contributed by atoms with Crippen molar-refractivity contribution < 1.29 is 91.6 Å². The van der Waals surface area contributed by atoms with Crippen LogP contribution in [0.2, 0.25) is 0 Å². The van der Waals surface area contributed by atoms with Crippen molar-refractivity contribution in [2.45, 2.75) is 0 Å². The summed E-state index contributed by atoms with van der Waals surface area (Å²) < 4.78 is 36.4. The van der Waals surface area contributed by atoms with E-state index < -0.39 is 43.8 Å². The Bertz CT molecular complexity index is 2230. The number of benzene rings is 4. The number of carbonyl (C=O) groups is 3. The topological polar surface area (TPSA) is 192 Å². The molecule has 0 bridgehead atoms. The van der Waals surface area contributed by atoms with Crippen molar-refractivity contribution in [3.63, 3.8) is 0 Å². The van der Waals surface area contributed by atoms with Crippen molar-refractivity contribution in [3.05, 3.63) is 137 Å². The Morgan fingerprint density at radius 3 is 1.84 bits per heavy atom. The summed E-state index contributed by atoms with van der Waals surface area (Å²) in [7, 11) is -5.03. The summed E-state index contributed by atoms with van der Waals surface area (Å²) in [5.41, 5.74) is 9.30. The Morgan fingerprint density at radius 1 is 0.680 bits per heavy atom. The number of Topliss-reactive ketones (excluding diaryl/α,β-unsaturated/α-hetero) is 1. The second-order valence-corrected chi connectivity index (χ2v) is 11.9. The van der Waals surface area contributed by atoms with Crippen LogP contribution < -0.4 is 80.4 Å². The molecule has 238 valence electrons. The molecule has 15 heteroatoms. The molecule has 0 aromatic heterocycles. The van der Waals surface area contributed by atoms with Crippen molar-refractivity contribution in [2.75, 3.05) is 16.2 Å². The second kappa shape index (κ2) is 16.5. The largest absolute Gasteiger partial charge is 1.00 e. The van der Waals surface area contributed by atoms with Gasteiger partial charge in [-0.05, 0) is 89.5 Å². The molecule has 0 atom stereocenters. The Kier molecular flexibility index (Phi) is 12.7. The predicted molar refractivity (Wildman–Crippen MR) is 179 cm³/mol. The first kappa shape index (κ1) is 38.4. The van der Waals surface area contributed by atoms with Crippen LogP contribution in [0.3, 0.4) is 0 Å². The summed E-state index contributed by atoms with van der Waals surface area (Å²) in [5.74, 6) is -2.96. The second-order valence-electron chi connectivity index (χ2n) is 10.5. The van der Waals surface area contributed by atoms with E-state index in [0.29, 0.717) is 17.1 Å². The zero-order valence-corrected chi connectivity index (χ0v) is 31.5. The van der Waals surface area contributed by atoms with Crippen LogP contribution in [0.1, 0.15) is 15.9 Å². The average Bonchev–Trinajstić information content (AvgIpc) is 3.08. The number of ketones is 2. The monoisotopic (exact) mass is 703 g/mol. The van der Waals surface area contributed by atoms with Crippen molar-refractivity contribution >= 4 is 67.9 Å². The van der Waals surface area contributed by atoms with E-state index in [1.807, 2.05) is 42.5 Å². The van der Waals surface area contributed by atoms with E-state index in [9.17, 15) is 32.5 Å². The van der Waals surface area contributed by atoms with Gasteiger partial charge in [0.1, 0.15) is 15.8 Å². The number of rotatable bonds is 9. The first-order valence-corrected chi connectivity index (χ1v) is 15.7. The number of aliphatic carboxylic acids is 1. The van der Waals surface area contributed by atoms with Crippen LogP contribution in [0.5, 0.6) is 0 Å². The van der Waals surface area contributed by atoms with E-state index in [1.165, 1.54) is 6.08 Å². The van der Waals surface area contributed by atoms with Gasteiger partial charge in [0, 0.05) is 22.5 Å². The van der Waals surface area contributed by atoms with E-state index in [-0.39, 0.29) is 76.0 Å². The summed E-state index contributed by atoms with van der Waals surface area (Å²) in [4.78, 5) is 35.4. The fourth-order valence-corrected chi connectivity index (χ4v) is 5.51. The number of hydrazone groups is 2. The number of nitrogens with zero attached hydrogens (tertiary/aromatic N) is 2. The first-order chi connectivity index (χ1) is 23.0. The number of fused-ring (bicyclic) bond motifs is 1. The minimum Gasteiger partial charge on any atom is -0.744 e. The van der Waals surface area contributed by atoms with Gasteiger partial charge in [-0.1, -0.05) is 48.5 Å². The van der Waals surface area contributed by atoms with E-state index in [2.05, 4.69) is 26.4 Å². The Balaban J connectivity index is 0.00000281. The normalized spacial score (nSPS) is 15.2. The molecule has 0 saturated heterocycles. The molecule has 6 rings (SSSR count). The van der Waals surface area contributed by atoms with E-state index in [4.69, 9.17) is 0 Å². The zero-order chi connectivity index (χ0) is 33.8. The van der Waals surface area contributed by atoms with Crippen molar-refractivity contribution in [1.82, 2.24) is 0 Å². The molecule has 0 heterocycles. The van der Waals surface area contributed by atoms with Crippen LogP contribution in [0, 0.1) is 0 Å². The Labute approximate surface area is 331 Å². The molecule has 4 aromatic carbocycles. The summed E-state index contributed by atoms with van der Waals surface area (Å²) >= 11 is 0. The number of hydrogen-bond donors (Lipinski definition) is 3. The first-order valence-electron chi connectivity index (χ1n) is 14.3. The number of carboxylic acids is 1. The maximum absolute atomic E-state index is 13.5. The maximum atomic E-state index is 13.5. The molecule has 12 nitrogen and oxygen atoms in total. The van der Waals surface area contributed by atoms with Crippen molar-refractivity contribution in [1.29, 1.82) is 0 Å². The standard InChI is InChI=1S/C35H25N5O7S.2Na/c41-31-17-16-28(20-30(31)35(43)44)39-37-25-11-6-21(7-12-25)22-8-13-26(14-9-22)38-40-33-32(48(45,46)47)18-23-10-15-27(19-29(23)34(33)42)36-24-4-2-1-3-5-24;;/h1-20,36-38H,(H,43,44)(H,45,46,47);;/q;2*+1/p-2/b39-28-,40-33+;;. The molecule has 0 aliphatic heterocycles. The third-order valence-corrected chi connectivity index (χ3v) is 8.11. The molecule has 0 fully saturated rings. The molecule has 2 aliphatic carbocycles. The minimum absolute atomic E-state index is 0. The van der Waals surface area contributed by atoms with Gasteiger partial charge in [0.15, 0.2) is 5.78 Å². The van der Waals surface area contributed by atoms with Gasteiger partial charge in [-0.2, -0.15) is 10.2 Å². The van der Waals surface area contributed by atoms with Gasteiger partial charge in [-0.25, -0.2) is 8.42 Å². The van der Waals surface area contributed by atoms with Crippen LogP contribution in [-0.4, -0.2) is 41.9 Å². The minimum atomic E-state index is -5.03. The molecule has 50 heavy (non-hydrogen) atoms. The van der Waals surface area contributed by atoms with Gasteiger partial charge in [0.2, 0.25) is 5.78 Å². The van der Waals surface area contributed by atoms with E-state index in [1.54, 1.807) is 54.6 Å². The summed E-state index contributed by atoms with van der Waals surface area (Å²) in [6.07, 6.45) is 4.76. The molecule has 0 radical (unpaired) electrons. The van der Waals surface area contributed by atoms with Crippen molar-refractivity contribution in [3.8, 4) is 11.1 Å². The van der Waals surface area contributed by atoms with Crippen LogP contribution in [-0.2, 0) is 19.7 Å². The Morgan fingerprint density at radius 2 is 1.26 bits per heavy atom. The third-order valence-electron chi connectivity index (χ3n) is 7.26. The van der Waals surface area contributed by atoms with Gasteiger partial charge in [0.25, 0.3) is 0 Å². The number of anilines is 4. The zero-order valence-electron chi connectivity index (χ0n) is 26.7. The number of para-hydroxylation sites is 1. The molecule has 0 saturated carbocycles. The molecule has 3 N–H and O–H groups in total. The van der Waals surface area contributed by atoms with Gasteiger partial charge in [0.05, 0.1) is 28.0 Å². The SMILES string of the molecule is O=C([O-])C1=C/C(=N\Nc2ccc(-c3ccc(N/N=C4/C(=O)c5cc(Nc6ccccc6)ccc5C=C4S(=O)(=O)[O-])cc3)cc2)C=CC1=O.[Na+].[Na+]. The van der Waals surface area contributed by atoms with Crippen LogP contribution in [0.25, 0.3) is 17.2 Å². The van der Waals surface area contributed by atoms with Gasteiger partial charge in [-0.15, -0.1) is 0 Å². The maximum Gasteiger partial charge on any atom is 1.00 e. The number of hydrogen-bond acceptors (Lipinski definition) is 12. The number of carbonyl (C=O) groups excluding carboxylic acids is 3.